The van der Waals surface area contributed by atoms with Gasteiger partial charge in [-0.3, -0.25) is 14.3 Å². The summed E-state index contributed by atoms with van der Waals surface area (Å²) in [5.41, 5.74) is 1.49. The number of aromatic amines is 1. The number of nitrogens with zero attached hydrogens (tertiary/aromatic N) is 3. The molecule has 1 unspecified atom stereocenters. The van der Waals surface area contributed by atoms with Crippen LogP contribution in [0.3, 0.4) is 0 Å². The van der Waals surface area contributed by atoms with Crippen molar-refractivity contribution in [2.24, 2.45) is 0 Å². The van der Waals surface area contributed by atoms with Crippen molar-refractivity contribution >= 4 is 22.6 Å². The van der Waals surface area contributed by atoms with E-state index in [1.807, 2.05) is 6.92 Å². The average Bonchev–Trinajstić information content (AvgIpc) is 3.27. The molecular weight excluding hydrogens is 334 g/mol. The lowest BCUT2D eigenvalue weighted by atomic mass is 10.2. The first-order chi connectivity index (χ1) is 12.6. The largest absolute Gasteiger partial charge is 0.376 e. The van der Waals surface area contributed by atoms with Gasteiger partial charge in [0.1, 0.15) is 11.2 Å². The van der Waals surface area contributed by atoms with E-state index in [1.54, 1.807) is 29.2 Å². The molecule has 1 atom stereocenters. The Morgan fingerprint density at radius 2 is 2.35 bits per heavy atom. The lowest BCUT2D eigenvalue weighted by Crippen LogP contribution is -2.22. The van der Waals surface area contributed by atoms with Gasteiger partial charge in [-0.25, -0.2) is 4.98 Å². The van der Waals surface area contributed by atoms with Gasteiger partial charge in [-0.1, -0.05) is 0 Å². The second kappa shape index (κ2) is 6.72. The van der Waals surface area contributed by atoms with Gasteiger partial charge in [-0.2, -0.15) is 5.10 Å². The van der Waals surface area contributed by atoms with Gasteiger partial charge in [-0.05, 0) is 31.9 Å². The number of amides is 1. The molecule has 4 heterocycles. The molecular formula is C18H19N5O3. The molecule has 0 aromatic carbocycles. The Morgan fingerprint density at radius 1 is 1.46 bits per heavy atom. The summed E-state index contributed by atoms with van der Waals surface area (Å²) in [4.78, 5) is 32.2. The van der Waals surface area contributed by atoms with E-state index in [0.717, 1.165) is 25.1 Å². The highest BCUT2D eigenvalue weighted by atomic mass is 16.5. The van der Waals surface area contributed by atoms with E-state index in [0.29, 0.717) is 23.3 Å². The molecule has 26 heavy (non-hydrogen) atoms. The van der Waals surface area contributed by atoms with Crippen molar-refractivity contribution < 1.29 is 9.53 Å². The third-order valence-corrected chi connectivity index (χ3v) is 4.43. The molecule has 1 aliphatic rings. The van der Waals surface area contributed by atoms with Gasteiger partial charge in [0.15, 0.2) is 0 Å². The van der Waals surface area contributed by atoms with Crippen molar-refractivity contribution in [2.45, 2.75) is 32.4 Å². The zero-order valence-electron chi connectivity index (χ0n) is 14.4. The van der Waals surface area contributed by atoms with Gasteiger partial charge >= 0.3 is 0 Å². The van der Waals surface area contributed by atoms with Crippen molar-refractivity contribution in [3.05, 3.63) is 52.2 Å². The highest BCUT2D eigenvalue weighted by Crippen LogP contribution is 2.15. The van der Waals surface area contributed by atoms with Crippen LogP contribution in [0, 0.1) is 6.92 Å². The number of nitrogens with one attached hydrogen (secondary N) is 2. The third kappa shape index (κ3) is 3.23. The molecule has 3 aromatic rings. The van der Waals surface area contributed by atoms with E-state index >= 15 is 0 Å². The standard InChI is InChI=1S/C18H19N5O3/c1-11-4-5-14-16(24)15(8-19-17(14)21-11)18(25)22-12-7-20-23(9-12)10-13-3-2-6-26-13/h4-5,7-9,13H,2-3,6,10H2,1H3,(H,22,25)(H,19,21,24). The number of fused-ring (bicyclic) bond motifs is 1. The monoisotopic (exact) mass is 353 g/mol. The maximum absolute atomic E-state index is 12.5. The molecule has 1 saturated heterocycles. The number of carbonyl (C=O) groups is 1. The smallest absolute Gasteiger partial charge is 0.261 e. The van der Waals surface area contributed by atoms with E-state index < -0.39 is 5.91 Å². The predicted molar refractivity (Wildman–Crippen MR) is 96.3 cm³/mol. The minimum absolute atomic E-state index is 0.0371. The lowest BCUT2D eigenvalue weighted by molar-refractivity contribution is 0.0940. The van der Waals surface area contributed by atoms with Gasteiger partial charge in [0, 0.05) is 24.7 Å². The molecule has 8 heteroatoms. The maximum Gasteiger partial charge on any atom is 0.261 e. The van der Waals surface area contributed by atoms with Gasteiger partial charge in [0.2, 0.25) is 5.43 Å². The predicted octanol–water partition coefficient (Wildman–Crippen LogP) is 1.86. The minimum Gasteiger partial charge on any atom is -0.376 e. The third-order valence-electron chi connectivity index (χ3n) is 4.43. The summed E-state index contributed by atoms with van der Waals surface area (Å²) in [6.07, 6.45) is 6.93. The fourth-order valence-corrected chi connectivity index (χ4v) is 3.09. The van der Waals surface area contributed by atoms with Crippen molar-refractivity contribution in [1.82, 2.24) is 19.7 Å². The quantitative estimate of drug-likeness (QED) is 0.745. The molecule has 2 N–H and O–H groups in total. The summed E-state index contributed by atoms with van der Waals surface area (Å²) in [5, 5.41) is 7.34. The summed E-state index contributed by atoms with van der Waals surface area (Å²) in [7, 11) is 0. The van der Waals surface area contributed by atoms with Gasteiger partial charge in [0.05, 0.1) is 29.9 Å². The Morgan fingerprint density at radius 3 is 3.15 bits per heavy atom. The summed E-state index contributed by atoms with van der Waals surface area (Å²) in [6.45, 7) is 3.28. The van der Waals surface area contributed by atoms with Gasteiger partial charge in [-0.15, -0.1) is 0 Å². The summed E-state index contributed by atoms with van der Waals surface area (Å²) >= 11 is 0. The van der Waals surface area contributed by atoms with Crippen molar-refractivity contribution in [3.8, 4) is 0 Å². The first kappa shape index (κ1) is 16.5. The molecule has 8 nitrogen and oxygen atoms in total. The number of hydrogen-bond donors (Lipinski definition) is 2. The Labute approximate surface area is 149 Å². The number of carbonyl (C=O) groups excluding carboxylic acids is 1. The molecule has 134 valence electrons. The molecule has 3 aromatic heterocycles. The summed E-state index contributed by atoms with van der Waals surface area (Å²) in [6, 6.07) is 3.42. The van der Waals surface area contributed by atoms with Crippen LogP contribution in [0.2, 0.25) is 0 Å². The fraction of sp³-hybridized carbons (Fsp3) is 0.333. The highest BCUT2D eigenvalue weighted by Gasteiger charge is 2.18. The SMILES string of the molecule is Cc1ccc2c(=O)c(C(=O)Nc3cnn(CC4CCCO4)c3)c[nH]c2n1. The van der Waals surface area contributed by atoms with Crippen LogP contribution in [0.1, 0.15) is 28.9 Å². The molecule has 0 bridgehead atoms. The molecule has 0 radical (unpaired) electrons. The van der Waals surface area contributed by atoms with Crippen LogP contribution >= 0.6 is 0 Å². The average molecular weight is 353 g/mol. The normalized spacial score (nSPS) is 16.9. The van der Waals surface area contributed by atoms with E-state index in [2.05, 4.69) is 20.4 Å². The van der Waals surface area contributed by atoms with Crippen LogP contribution in [0.4, 0.5) is 5.69 Å². The van der Waals surface area contributed by atoms with Crippen LogP contribution in [0.5, 0.6) is 0 Å². The molecule has 1 amide bonds. The Kier molecular flexibility index (Phi) is 4.26. The number of anilines is 1. The van der Waals surface area contributed by atoms with Gasteiger partial charge < -0.3 is 15.0 Å². The van der Waals surface area contributed by atoms with Crippen LogP contribution in [-0.2, 0) is 11.3 Å². The van der Waals surface area contributed by atoms with Crippen LogP contribution in [0.25, 0.3) is 11.0 Å². The maximum atomic E-state index is 12.5. The summed E-state index contributed by atoms with van der Waals surface area (Å²) < 4.78 is 7.32. The van der Waals surface area contributed by atoms with Crippen molar-refractivity contribution in [2.75, 3.05) is 11.9 Å². The number of ether oxygens (including phenoxy) is 1. The Bertz CT molecular complexity index is 1020. The molecule has 1 fully saturated rings. The highest BCUT2D eigenvalue weighted by molar-refractivity contribution is 6.05. The molecule has 0 spiro atoms. The van der Waals surface area contributed by atoms with Crippen LogP contribution in [0.15, 0.2) is 35.5 Å². The van der Waals surface area contributed by atoms with Crippen molar-refractivity contribution in [3.63, 3.8) is 0 Å². The number of pyridine rings is 2. The van der Waals surface area contributed by atoms with E-state index in [-0.39, 0.29) is 17.1 Å². The minimum atomic E-state index is -0.481. The number of aromatic nitrogens is 4. The number of rotatable bonds is 4. The Hall–Kier alpha value is -3.00. The van der Waals surface area contributed by atoms with Crippen molar-refractivity contribution in [1.29, 1.82) is 0 Å². The molecule has 0 saturated carbocycles. The zero-order valence-corrected chi connectivity index (χ0v) is 14.4. The first-order valence-corrected chi connectivity index (χ1v) is 8.54. The Balaban J connectivity index is 1.52. The number of H-pyrrole nitrogens is 1. The number of aryl methyl sites for hydroxylation is 1. The van der Waals surface area contributed by atoms with Crippen LogP contribution < -0.4 is 10.7 Å². The molecule has 4 rings (SSSR count). The van der Waals surface area contributed by atoms with Crippen LogP contribution in [-0.4, -0.2) is 38.4 Å². The van der Waals surface area contributed by atoms with E-state index in [1.165, 1.54) is 6.20 Å². The zero-order chi connectivity index (χ0) is 18.1. The lowest BCUT2D eigenvalue weighted by Gasteiger charge is -2.08. The fourth-order valence-electron chi connectivity index (χ4n) is 3.09. The second-order valence-electron chi connectivity index (χ2n) is 6.42. The molecule has 1 aliphatic heterocycles. The molecule has 0 aliphatic carbocycles. The second-order valence-corrected chi connectivity index (χ2v) is 6.42. The topological polar surface area (TPSA) is 102 Å². The van der Waals surface area contributed by atoms with E-state index in [4.69, 9.17) is 4.74 Å². The first-order valence-electron chi connectivity index (χ1n) is 8.54. The van der Waals surface area contributed by atoms with E-state index in [9.17, 15) is 9.59 Å². The summed E-state index contributed by atoms with van der Waals surface area (Å²) in [5.74, 6) is -0.481. The number of hydrogen-bond acceptors (Lipinski definition) is 5. The van der Waals surface area contributed by atoms with Gasteiger partial charge in [0.25, 0.3) is 5.91 Å².